The van der Waals surface area contributed by atoms with Crippen molar-refractivity contribution in [3.63, 3.8) is 0 Å². The van der Waals surface area contributed by atoms with Crippen molar-refractivity contribution in [1.82, 2.24) is 5.43 Å². The van der Waals surface area contributed by atoms with Gasteiger partial charge in [-0.05, 0) is 36.2 Å². The van der Waals surface area contributed by atoms with Gasteiger partial charge < -0.3 is 10.2 Å². The maximum atomic E-state index is 5.24. The number of methoxy groups -OCH3 is 1. The van der Waals surface area contributed by atoms with Crippen LogP contribution >= 0.6 is 0 Å². The molecule has 2 aromatic carbocycles. The standard InChI is InChI=1S/C15H18N2O/c1-12-10-13(8-9-15(12)18-2)11-16-17-14-6-4-3-5-7-14/h3-10,16-17H,11H2,1-2H3. The van der Waals surface area contributed by atoms with E-state index in [0.29, 0.717) is 0 Å². The number of hydrazine groups is 1. The highest BCUT2D eigenvalue weighted by Gasteiger charge is 1.99. The summed E-state index contributed by atoms with van der Waals surface area (Å²) in [6.45, 7) is 2.81. The molecule has 2 N–H and O–H groups in total. The summed E-state index contributed by atoms with van der Waals surface area (Å²) in [5.74, 6) is 0.926. The Bertz CT molecular complexity index is 497. The highest BCUT2D eigenvalue weighted by molar-refractivity contribution is 5.41. The maximum Gasteiger partial charge on any atom is 0.121 e. The van der Waals surface area contributed by atoms with Crippen LogP contribution in [0.4, 0.5) is 5.69 Å². The first-order valence-corrected chi connectivity index (χ1v) is 5.97. The van der Waals surface area contributed by atoms with Gasteiger partial charge in [-0.15, -0.1) is 0 Å². The van der Waals surface area contributed by atoms with Crippen LogP contribution in [0, 0.1) is 6.92 Å². The van der Waals surface area contributed by atoms with Crippen LogP contribution in [0.1, 0.15) is 11.1 Å². The molecular weight excluding hydrogens is 224 g/mol. The minimum absolute atomic E-state index is 0.764. The smallest absolute Gasteiger partial charge is 0.121 e. The molecular formula is C15H18N2O. The topological polar surface area (TPSA) is 33.3 Å². The van der Waals surface area contributed by atoms with Gasteiger partial charge in [-0.1, -0.05) is 30.3 Å². The van der Waals surface area contributed by atoms with Crippen molar-refractivity contribution in [2.24, 2.45) is 0 Å². The molecule has 3 heteroatoms. The van der Waals surface area contributed by atoms with Crippen molar-refractivity contribution in [2.45, 2.75) is 13.5 Å². The SMILES string of the molecule is COc1ccc(CNNc2ccccc2)cc1C. The first-order chi connectivity index (χ1) is 8.79. The third-order valence-electron chi connectivity index (χ3n) is 2.76. The van der Waals surface area contributed by atoms with Gasteiger partial charge in [-0.2, -0.15) is 0 Å². The van der Waals surface area contributed by atoms with Crippen LogP contribution in [0.15, 0.2) is 48.5 Å². The van der Waals surface area contributed by atoms with E-state index in [2.05, 4.69) is 23.0 Å². The molecule has 0 bridgehead atoms. The quantitative estimate of drug-likeness (QED) is 0.790. The first kappa shape index (κ1) is 12.5. The van der Waals surface area contributed by atoms with E-state index in [9.17, 15) is 0 Å². The predicted octanol–water partition coefficient (Wildman–Crippen LogP) is 3.12. The van der Waals surface area contributed by atoms with Gasteiger partial charge in [-0.25, -0.2) is 5.43 Å². The second-order valence-corrected chi connectivity index (χ2v) is 4.15. The van der Waals surface area contributed by atoms with Crippen molar-refractivity contribution in [3.05, 3.63) is 59.7 Å². The Balaban J connectivity index is 1.89. The van der Waals surface area contributed by atoms with Crippen molar-refractivity contribution < 1.29 is 4.74 Å². The normalized spacial score (nSPS) is 10.1. The number of para-hydroxylation sites is 1. The zero-order chi connectivity index (χ0) is 12.8. The molecule has 2 aromatic rings. The van der Waals surface area contributed by atoms with Gasteiger partial charge >= 0.3 is 0 Å². The van der Waals surface area contributed by atoms with Gasteiger partial charge in [0.15, 0.2) is 0 Å². The van der Waals surface area contributed by atoms with Crippen LogP contribution < -0.4 is 15.6 Å². The molecule has 0 unspecified atom stereocenters. The number of ether oxygens (including phenoxy) is 1. The Morgan fingerprint density at radius 2 is 1.83 bits per heavy atom. The van der Waals surface area contributed by atoms with E-state index in [1.165, 1.54) is 5.56 Å². The van der Waals surface area contributed by atoms with Crippen molar-refractivity contribution in [3.8, 4) is 5.75 Å². The monoisotopic (exact) mass is 242 g/mol. The summed E-state index contributed by atoms with van der Waals surface area (Å²) in [6, 6.07) is 16.2. The van der Waals surface area contributed by atoms with E-state index < -0.39 is 0 Å². The maximum absolute atomic E-state index is 5.24. The molecule has 0 aromatic heterocycles. The zero-order valence-corrected chi connectivity index (χ0v) is 10.7. The van der Waals surface area contributed by atoms with Crippen molar-refractivity contribution >= 4 is 5.69 Å². The van der Waals surface area contributed by atoms with Crippen LogP contribution in [0.5, 0.6) is 5.75 Å². The summed E-state index contributed by atoms with van der Waals surface area (Å²) in [6.07, 6.45) is 0. The fourth-order valence-electron chi connectivity index (χ4n) is 1.82. The van der Waals surface area contributed by atoms with Gasteiger partial charge in [-0.3, -0.25) is 0 Å². The minimum Gasteiger partial charge on any atom is -0.496 e. The average molecular weight is 242 g/mol. The molecule has 0 aliphatic carbocycles. The average Bonchev–Trinajstić information content (AvgIpc) is 2.40. The lowest BCUT2D eigenvalue weighted by Gasteiger charge is -2.10. The van der Waals surface area contributed by atoms with E-state index in [-0.39, 0.29) is 0 Å². The van der Waals surface area contributed by atoms with Gasteiger partial charge in [0, 0.05) is 12.2 Å². The Morgan fingerprint density at radius 3 is 2.50 bits per heavy atom. The fourth-order valence-corrected chi connectivity index (χ4v) is 1.82. The first-order valence-electron chi connectivity index (χ1n) is 5.97. The van der Waals surface area contributed by atoms with Gasteiger partial charge in [0.1, 0.15) is 5.75 Å². The van der Waals surface area contributed by atoms with Gasteiger partial charge in [0.2, 0.25) is 0 Å². The second-order valence-electron chi connectivity index (χ2n) is 4.15. The largest absolute Gasteiger partial charge is 0.496 e. The summed E-state index contributed by atoms with van der Waals surface area (Å²) in [5, 5.41) is 0. The van der Waals surface area contributed by atoms with E-state index in [1.807, 2.05) is 43.3 Å². The summed E-state index contributed by atoms with van der Waals surface area (Å²) in [4.78, 5) is 0. The third kappa shape index (κ3) is 3.25. The second kappa shape index (κ2) is 6.07. The minimum atomic E-state index is 0.764. The summed E-state index contributed by atoms with van der Waals surface area (Å²) < 4.78 is 5.24. The fraction of sp³-hybridized carbons (Fsp3) is 0.200. The molecule has 0 radical (unpaired) electrons. The summed E-state index contributed by atoms with van der Waals surface area (Å²) >= 11 is 0. The van der Waals surface area contributed by atoms with Crippen LogP contribution in [-0.4, -0.2) is 7.11 Å². The molecule has 0 aliphatic heterocycles. The van der Waals surface area contributed by atoms with Crippen LogP contribution in [0.25, 0.3) is 0 Å². The Morgan fingerprint density at radius 1 is 1.06 bits per heavy atom. The number of hydrogen-bond acceptors (Lipinski definition) is 3. The highest BCUT2D eigenvalue weighted by Crippen LogP contribution is 2.18. The zero-order valence-electron chi connectivity index (χ0n) is 10.7. The van der Waals surface area contributed by atoms with Gasteiger partial charge in [0.05, 0.1) is 7.11 Å². The Hall–Kier alpha value is -2.00. The summed E-state index contributed by atoms with van der Waals surface area (Å²) in [5.41, 5.74) is 9.78. The van der Waals surface area contributed by atoms with E-state index >= 15 is 0 Å². The molecule has 94 valence electrons. The molecule has 18 heavy (non-hydrogen) atoms. The Labute approximate surface area is 108 Å². The molecule has 0 spiro atoms. The van der Waals surface area contributed by atoms with Gasteiger partial charge in [0.25, 0.3) is 0 Å². The van der Waals surface area contributed by atoms with Crippen molar-refractivity contribution in [2.75, 3.05) is 12.5 Å². The number of anilines is 1. The lowest BCUT2D eigenvalue weighted by molar-refractivity contribution is 0.411. The number of hydrogen-bond donors (Lipinski definition) is 2. The lowest BCUT2D eigenvalue weighted by Crippen LogP contribution is -2.20. The molecule has 0 amide bonds. The van der Waals surface area contributed by atoms with Crippen LogP contribution in [-0.2, 0) is 6.54 Å². The molecule has 3 nitrogen and oxygen atoms in total. The molecule has 0 saturated carbocycles. The number of aryl methyl sites for hydroxylation is 1. The predicted molar refractivity (Wildman–Crippen MR) is 74.6 cm³/mol. The van der Waals surface area contributed by atoms with Crippen molar-refractivity contribution in [1.29, 1.82) is 0 Å². The number of rotatable bonds is 5. The molecule has 0 fully saturated rings. The highest BCUT2D eigenvalue weighted by atomic mass is 16.5. The number of benzene rings is 2. The van der Waals surface area contributed by atoms with E-state index in [1.54, 1.807) is 7.11 Å². The van der Waals surface area contributed by atoms with Crippen LogP contribution in [0.3, 0.4) is 0 Å². The third-order valence-corrected chi connectivity index (χ3v) is 2.76. The number of nitrogens with one attached hydrogen (secondary N) is 2. The molecule has 0 saturated heterocycles. The molecule has 0 atom stereocenters. The molecule has 0 heterocycles. The lowest BCUT2D eigenvalue weighted by atomic mass is 10.1. The summed E-state index contributed by atoms with van der Waals surface area (Å²) in [7, 11) is 1.69. The van der Waals surface area contributed by atoms with E-state index in [4.69, 9.17) is 4.74 Å². The van der Waals surface area contributed by atoms with E-state index in [0.717, 1.165) is 23.5 Å². The molecule has 0 aliphatic rings. The van der Waals surface area contributed by atoms with Crippen LogP contribution in [0.2, 0.25) is 0 Å². The Kier molecular flexibility index (Phi) is 4.20. The molecule has 2 rings (SSSR count).